The summed E-state index contributed by atoms with van der Waals surface area (Å²) >= 11 is 0. The van der Waals surface area contributed by atoms with Gasteiger partial charge in [0.1, 0.15) is 11.8 Å². The second-order valence-electron chi connectivity index (χ2n) is 9.04. The first-order chi connectivity index (χ1) is 16.4. The highest BCUT2D eigenvalue weighted by molar-refractivity contribution is 5.77. The van der Waals surface area contributed by atoms with Crippen LogP contribution in [0.3, 0.4) is 0 Å². The smallest absolute Gasteiger partial charge is 0.164 e. The molecule has 1 aliphatic heterocycles. The van der Waals surface area contributed by atoms with Gasteiger partial charge in [0.2, 0.25) is 0 Å². The molecule has 2 N–H and O–H groups in total. The maximum Gasteiger partial charge on any atom is 0.164 e. The van der Waals surface area contributed by atoms with Crippen LogP contribution in [0.15, 0.2) is 36.9 Å². The number of anilines is 1. The van der Waals surface area contributed by atoms with Crippen LogP contribution >= 0.6 is 0 Å². The molecule has 5 heterocycles. The van der Waals surface area contributed by atoms with Crippen LogP contribution in [0.25, 0.3) is 22.5 Å². The highest BCUT2D eigenvalue weighted by Gasteiger charge is 2.20. The topological polar surface area (TPSA) is 140 Å². The minimum atomic E-state index is -0.767. The molecule has 34 heavy (non-hydrogen) atoms. The van der Waals surface area contributed by atoms with E-state index in [1.807, 2.05) is 12.3 Å². The van der Waals surface area contributed by atoms with Crippen molar-refractivity contribution in [3.8, 4) is 17.6 Å². The van der Waals surface area contributed by atoms with Gasteiger partial charge in [-0.1, -0.05) is 5.21 Å². The van der Waals surface area contributed by atoms with E-state index in [0.29, 0.717) is 43.1 Å². The third-order valence-corrected chi connectivity index (χ3v) is 5.69. The highest BCUT2D eigenvalue weighted by Crippen LogP contribution is 2.26. The molecule has 174 valence electrons. The van der Waals surface area contributed by atoms with Crippen molar-refractivity contribution in [2.75, 3.05) is 18.5 Å². The van der Waals surface area contributed by atoms with Gasteiger partial charge in [0.05, 0.1) is 53.8 Å². The predicted molar refractivity (Wildman–Crippen MR) is 124 cm³/mol. The van der Waals surface area contributed by atoms with Gasteiger partial charge in [0, 0.05) is 24.3 Å². The molecule has 1 aliphatic rings. The molecule has 1 fully saturated rings. The number of aryl methyl sites for hydroxylation is 1. The van der Waals surface area contributed by atoms with Crippen LogP contribution in [0.1, 0.15) is 37.9 Å². The normalized spacial score (nSPS) is 16.1. The highest BCUT2D eigenvalue weighted by atomic mass is 16.5. The molecule has 4 aromatic heterocycles. The van der Waals surface area contributed by atoms with Crippen molar-refractivity contribution in [3.05, 3.63) is 48.2 Å². The minimum absolute atomic E-state index is 0.165. The molecule has 1 atom stereocenters. The molecule has 0 aliphatic carbocycles. The zero-order valence-corrected chi connectivity index (χ0v) is 19.0. The van der Waals surface area contributed by atoms with E-state index in [9.17, 15) is 5.11 Å². The van der Waals surface area contributed by atoms with Crippen LogP contribution < -0.4 is 5.32 Å². The standard InChI is InChI=1S/C23H25N9O2/c1-23(2,33)5-3-17-13-31(30-29-17)20-12-25-21(8-19(20)28-18-4-6-34-14-18)32-22-16(11-27-32)7-15(9-24)10-26-22/h7-8,10-13,18,33H,3-6,14H2,1-2H3,(H,25,28). The number of nitrogens with one attached hydrogen (secondary N) is 1. The molecule has 0 radical (unpaired) electrons. The molecular weight excluding hydrogens is 434 g/mol. The SMILES string of the molecule is CC(C)(O)CCc1cn(-c2cnc(-n3ncc4cc(C#N)cnc43)cc2NC2CCOC2)nn1. The third-order valence-electron chi connectivity index (χ3n) is 5.69. The van der Waals surface area contributed by atoms with Crippen LogP contribution in [-0.2, 0) is 11.2 Å². The third kappa shape index (κ3) is 4.59. The van der Waals surface area contributed by atoms with Crippen LogP contribution in [0, 0.1) is 11.3 Å². The van der Waals surface area contributed by atoms with Gasteiger partial charge in [-0.2, -0.15) is 15.0 Å². The van der Waals surface area contributed by atoms with E-state index in [-0.39, 0.29) is 6.04 Å². The molecule has 0 saturated carbocycles. The van der Waals surface area contributed by atoms with Gasteiger partial charge in [-0.25, -0.2) is 14.6 Å². The Hall–Kier alpha value is -3.88. The Morgan fingerprint density at radius 2 is 2.15 bits per heavy atom. The van der Waals surface area contributed by atoms with Gasteiger partial charge in [0.15, 0.2) is 11.5 Å². The number of pyridine rings is 2. The Kier molecular flexibility index (Phi) is 5.69. The largest absolute Gasteiger partial charge is 0.390 e. The van der Waals surface area contributed by atoms with Gasteiger partial charge >= 0.3 is 0 Å². The maximum absolute atomic E-state index is 10.0. The van der Waals surface area contributed by atoms with Crippen molar-refractivity contribution >= 4 is 16.7 Å². The average Bonchev–Trinajstić information content (AvgIpc) is 3.58. The van der Waals surface area contributed by atoms with E-state index in [1.165, 1.54) is 6.20 Å². The number of hydrogen-bond donors (Lipinski definition) is 2. The Morgan fingerprint density at radius 1 is 1.26 bits per heavy atom. The molecule has 5 rings (SSSR count). The fourth-order valence-corrected chi connectivity index (χ4v) is 3.83. The monoisotopic (exact) mass is 459 g/mol. The molecule has 0 aromatic carbocycles. The first kappa shape index (κ1) is 21.9. The Morgan fingerprint density at radius 3 is 2.91 bits per heavy atom. The van der Waals surface area contributed by atoms with Gasteiger partial charge in [0.25, 0.3) is 0 Å². The van der Waals surface area contributed by atoms with Crippen molar-refractivity contribution in [3.63, 3.8) is 0 Å². The zero-order valence-electron chi connectivity index (χ0n) is 19.0. The number of fused-ring (bicyclic) bond motifs is 1. The van der Waals surface area contributed by atoms with E-state index in [2.05, 4.69) is 36.8 Å². The summed E-state index contributed by atoms with van der Waals surface area (Å²) < 4.78 is 8.87. The number of ether oxygens (including phenoxy) is 1. The molecule has 11 nitrogen and oxygen atoms in total. The molecule has 4 aromatic rings. The predicted octanol–water partition coefficient (Wildman–Crippen LogP) is 2.17. The number of aromatic nitrogens is 7. The van der Waals surface area contributed by atoms with Crippen LogP contribution in [0.4, 0.5) is 5.69 Å². The zero-order chi connectivity index (χ0) is 23.7. The van der Waals surface area contributed by atoms with Crippen LogP contribution in [0.2, 0.25) is 0 Å². The lowest BCUT2D eigenvalue weighted by Crippen LogP contribution is -2.21. The lowest BCUT2D eigenvalue weighted by Gasteiger charge is -2.17. The van der Waals surface area contributed by atoms with Gasteiger partial charge in [-0.15, -0.1) is 5.10 Å². The van der Waals surface area contributed by atoms with Crippen molar-refractivity contribution in [2.45, 2.75) is 44.8 Å². The van der Waals surface area contributed by atoms with Gasteiger partial charge in [-0.3, -0.25) is 0 Å². The Balaban J connectivity index is 1.51. The minimum Gasteiger partial charge on any atom is -0.390 e. The van der Waals surface area contributed by atoms with Crippen molar-refractivity contribution < 1.29 is 9.84 Å². The molecular formula is C23H25N9O2. The summed E-state index contributed by atoms with van der Waals surface area (Å²) in [6, 6.07) is 5.91. The van der Waals surface area contributed by atoms with Gasteiger partial charge < -0.3 is 15.2 Å². The lowest BCUT2D eigenvalue weighted by molar-refractivity contribution is 0.0711. The summed E-state index contributed by atoms with van der Waals surface area (Å²) in [6.45, 7) is 4.89. The second-order valence-corrected chi connectivity index (χ2v) is 9.04. The first-order valence-electron chi connectivity index (χ1n) is 11.1. The van der Waals surface area contributed by atoms with Crippen LogP contribution in [-0.4, -0.2) is 64.7 Å². The molecule has 1 saturated heterocycles. The lowest BCUT2D eigenvalue weighted by atomic mass is 10.0. The van der Waals surface area contributed by atoms with Crippen molar-refractivity contribution in [1.82, 2.24) is 34.7 Å². The number of aliphatic hydroxyl groups is 1. The van der Waals surface area contributed by atoms with Crippen molar-refractivity contribution in [1.29, 1.82) is 5.26 Å². The summed E-state index contributed by atoms with van der Waals surface area (Å²) in [5.41, 5.74) is 2.67. The molecule has 1 unspecified atom stereocenters. The van der Waals surface area contributed by atoms with E-state index < -0.39 is 5.60 Å². The average molecular weight is 460 g/mol. The summed E-state index contributed by atoms with van der Waals surface area (Å²) in [5, 5.41) is 36.5. The number of nitriles is 1. The van der Waals surface area contributed by atoms with Gasteiger partial charge in [-0.05, 0) is 39.2 Å². The summed E-state index contributed by atoms with van der Waals surface area (Å²) in [7, 11) is 0. The Bertz CT molecular complexity index is 1360. The molecule has 0 spiro atoms. The van der Waals surface area contributed by atoms with E-state index in [4.69, 9.17) is 10.00 Å². The first-order valence-corrected chi connectivity index (χ1v) is 11.1. The molecule has 0 bridgehead atoms. The van der Waals surface area contributed by atoms with Crippen molar-refractivity contribution in [2.24, 2.45) is 0 Å². The fraction of sp³-hybridized carbons (Fsp3) is 0.391. The summed E-state index contributed by atoms with van der Waals surface area (Å²) in [4.78, 5) is 9.01. The second kappa shape index (κ2) is 8.81. The van der Waals surface area contributed by atoms with Crippen LogP contribution in [0.5, 0.6) is 0 Å². The number of rotatable bonds is 7. The Labute approximate surface area is 196 Å². The number of hydrogen-bond acceptors (Lipinski definition) is 9. The quantitative estimate of drug-likeness (QED) is 0.425. The summed E-state index contributed by atoms with van der Waals surface area (Å²) in [5.74, 6) is 0.583. The van der Waals surface area contributed by atoms with E-state index >= 15 is 0 Å². The summed E-state index contributed by atoms with van der Waals surface area (Å²) in [6.07, 6.45) is 8.86. The van der Waals surface area contributed by atoms with E-state index in [1.54, 1.807) is 41.7 Å². The molecule has 11 heteroatoms. The number of nitrogens with zero attached hydrogens (tertiary/aromatic N) is 8. The maximum atomic E-state index is 10.0. The van der Waals surface area contributed by atoms with E-state index in [0.717, 1.165) is 28.9 Å². The molecule has 0 amide bonds. The fourth-order valence-electron chi connectivity index (χ4n) is 3.83.